The van der Waals surface area contributed by atoms with Crippen molar-refractivity contribution in [3.05, 3.63) is 29.3 Å². The topological polar surface area (TPSA) is 20.3 Å². The van der Waals surface area contributed by atoms with Crippen LogP contribution in [-0.2, 0) is 11.2 Å². The molecule has 16 heavy (non-hydrogen) atoms. The highest BCUT2D eigenvalue weighted by molar-refractivity contribution is 6.29. The van der Waals surface area contributed by atoms with Crippen molar-refractivity contribution in [3.8, 4) is 0 Å². The van der Waals surface area contributed by atoms with Crippen LogP contribution in [0.25, 0.3) is 0 Å². The molecule has 86 valence electrons. The Hall–Kier alpha value is -1.02. The van der Waals surface area contributed by atoms with Crippen LogP contribution in [0.5, 0.6) is 0 Å². The van der Waals surface area contributed by atoms with Gasteiger partial charge in [-0.25, -0.2) is 0 Å². The van der Waals surface area contributed by atoms with Crippen LogP contribution in [0.3, 0.4) is 0 Å². The van der Waals surface area contributed by atoms with E-state index in [1.807, 2.05) is 4.90 Å². The van der Waals surface area contributed by atoms with E-state index in [1.54, 1.807) is 0 Å². The zero-order valence-electron chi connectivity index (χ0n) is 9.50. The van der Waals surface area contributed by atoms with Crippen LogP contribution in [0.15, 0.2) is 18.2 Å². The fourth-order valence-electron chi connectivity index (χ4n) is 2.17. The van der Waals surface area contributed by atoms with E-state index >= 15 is 0 Å². The number of carbonyl (C=O) groups is 1. The molecule has 0 saturated heterocycles. The van der Waals surface area contributed by atoms with Crippen LogP contribution in [0.2, 0.25) is 0 Å². The van der Waals surface area contributed by atoms with Crippen LogP contribution >= 0.6 is 11.6 Å². The average molecular weight is 238 g/mol. The summed E-state index contributed by atoms with van der Waals surface area (Å²) in [5.41, 5.74) is 3.51. The summed E-state index contributed by atoms with van der Waals surface area (Å²) < 4.78 is 0. The first kappa shape index (κ1) is 11.5. The quantitative estimate of drug-likeness (QED) is 0.688. The number of fused-ring (bicyclic) bond motifs is 1. The molecule has 0 aliphatic carbocycles. The molecule has 0 aromatic heterocycles. The second-order valence-electron chi connectivity index (χ2n) is 4.27. The number of nitrogens with zero attached hydrogens (tertiary/aromatic N) is 1. The summed E-state index contributed by atoms with van der Waals surface area (Å²) in [6.45, 7) is 2.84. The first-order valence-corrected chi connectivity index (χ1v) is 6.21. The number of benzene rings is 1. The molecule has 1 aromatic carbocycles. The van der Waals surface area contributed by atoms with E-state index in [0.29, 0.717) is 0 Å². The number of alkyl halides is 1. The Kier molecular flexibility index (Phi) is 3.49. The van der Waals surface area contributed by atoms with Gasteiger partial charge in [0.05, 0.1) is 0 Å². The fourth-order valence-corrected chi connectivity index (χ4v) is 2.32. The Morgan fingerprint density at radius 2 is 2.25 bits per heavy atom. The minimum Gasteiger partial charge on any atom is -0.311 e. The Balaban J connectivity index is 2.42. The Morgan fingerprint density at radius 3 is 3.00 bits per heavy atom. The lowest BCUT2D eigenvalue weighted by atomic mass is 10.1. The number of rotatable bonds is 1. The Morgan fingerprint density at radius 1 is 1.44 bits per heavy atom. The number of amides is 1. The number of carbonyl (C=O) groups excluding carboxylic acids is 1. The summed E-state index contributed by atoms with van der Waals surface area (Å²) >= 11 is 5.65. The van der Waals surface area contributed by atoms with E-state index in [1.165, 1.54) is 11.1 Å². The van der Waals surface area contributed by atoms with E-state index in [-0.39, 0.29) is 11.8 Å². The maximum absolute atomic E-state index is 11.8. The molecule has 0 N–H and O–H groups in total. The van der Waals surface area contributed by atoms with Gasteiger partial charge in [0.15, 0.2) is 0 Å². The van der Waals surface area contributed by atoms with Crippen LogP contribution < -0.4 is 4.90 Å². The molecule has 0 unspecified atom stereocenters. The molecular formula is C13H16ClNO. The maximum atomic E-state index is 11.8. The number of hydrogen-bond acceptors (Lipinski definition) is 1. The van der Waals surface area contributed by atoms with Gasteiger partial charge in [-0.3, -0.25) is 4.79 Å². The minimum atomic E-state index is 0.00965. The molecule has 0 radical (unpaired) electrons. The van der Waals surface area contributed by atoms with Gasteiger partial charge in [-0.05, 0) is 43.4 Å². The maximum Gasteiger partial charge on any atom is 0.241 e. The van der Waals surface area contributed by atoms with E-state index < -0.39 is 0 Å². The van der Waals surface area contributed by atoms with Gasteiger partial charge in [0, 0.05) is 12.2 Å². The highest BCUT2D eigenvalue weighted by Gasteiger charge is 2.20. The van der Waals surface area contributed by atoms with Crippen LogP contribution in [-0.4, -0.2) is 18.3 Å². The van der Waals surface area contributed by atoms with Gasteiger partial charge in [-0.1, -0.05) is 12.1 Å². The standard InChI is InChI=1S/C13H16ClNO/c1-10-5-6-11-4-2-3-7-15(12(11)8-10)13(16)9-14/h5-6,8H,2-4,7,9H2,1H3. The molecule has 1 aliphatic heterocycles. The van der Waals surface area contributed by atoms with Crippen molar-refractivity contribution in [2.24, 2.45) is 0 Å². The SMILES string of the molecule is Cc1ccc2c(c1)N(C(=O)CCl)CCCC2. The summed E-state index contributed by atoms with van der Waals surface area (Å²) in [5.74, 6) is 0.0725. The van der Waals surface area contributed by atoms with Crippen molar-refractivity contribution >= 4 is 23.2 Å². The zero-order valence-corrected chi connectivity index (χ0v) is 10.3. The number of halogens is 1. The van der Waals surface area contributed by atoms with E-state index in [4.69, 9.17) is 11.6 Å². The molecule has 1 aliphatic rings. The first-order chi connectivity index (χ1) is 7.72. The van der Waals surface area contributed by atoms with Gasteiger partial charge in [0.25, 0.3) is 0 Å². The number of anilines is 1. The summed E-state index contributed by atoms with van der Waals surface area (Å²) in [6.07, 6.45) is 3.25. The number of aryl methyl sites for hydroxylation is 2. The number of hydrogen-bond donors (Lipinski definition) is 0. The fraction of sp³-hybridized carbons (Fsp3) is 0.462. The summed E-state index contributed by atoms with van der Waals surface area (Å²) in [5, 5.41) is 0. The third kappa shape index (κ3) is 2.22. The van der Waals surface area contributed by atoms with Crippen molar-refractivity contribution in [2.45, 2.75) is 26.2 Å². The Bertz CT molecular complexity index is 403. The molecule has 0 spiro atoms. The molecule has 1 amide bonds. The van der Waals surface area contributed by atoms with Gasteiger partial charge in [0.1, 0.15) is 5.88 Å². The summed E-state index contributed by atoms with van der Waals surface area (Å²) in [6, 6.07) is 6.32. The van der Waals surface area contributed by atoms with Crippen molar-refractivity contribution in [3.63, 3.8) is 0 Å². The largest absolute Gasteiger partial charge is 0.311 e. The molecule has 2 nitrogen and oxygen atoms in total. The van der Waals surface area contributed by atoms with Crippen LogP contribution in [0, 0.1) is 6.92 Å². The monoisotopic (exact) mass is 237 g/mol. The molecule has 0 atom stereocenters. The van der Waals surface area contributed by atoms with Crippen LogP contribution in [0.1, 0.15) is 24.0 Å². The lowest BCUT2D eigenvalue weighted by Gasteiger charge is -2.22. The second-order valence-corrected chi connectivity index (χ2v) is 4.54. The first-order valence-electron chi connectivity index (χ1n) is 5.68. The molecule has 1 aromatic rings. The van der Waals surface area contributed by atoms with Gasteiger partial charge >= 0.3 is 0 Å². The Labute approximate surface area is 101 Å². The summed E-state index contributed by atoms with van der Waals surface area (Å²) in [7, 11) is 0. The zero-order chi connectivity index (χ0) is 11.5. The predicted molar refractivity (Wildman–Crippen MR) is 67.2 cm³/mol. The van der Waals surface area contributed by atoms with Gasteiger partial charge in [0.2, 0.25) is 5.91 Å². The molecule has 0 saturated carbocycles. The highest BCUT2D eigenvalue weighted by Crippen LogP contribution is 2.27. The van der Waals surface area contributed by atoms with Crippen molar-refractivity contribution < 1.29 is 4.79 Å². The van der Waals surface area contributed by atoms with E-state index in [9.17, 15) is 4.79 Å². The smallest absolute Gasteiger partial charge is 0.241 e. The second kappa shape index (κ2) is 4.88. The molecular weight excluding hydrogens is 222 g/mol. The average Bonchev–Trinajstić information content (AvgIpc) is 2.50. The van der Waals surface area contributed by atoms with Crippen molar-refractivity contribution in [1.29, 1.82) is 0 Å². The molecule has 0 fully saturated rings. The van der Waals surface area contributed by atoms with Crippen molar-refractivity contribution in [2.75, 3.05) is 17.3 Å². The summed E-state index contributed by atoms with van der Waals surface area (Å²) in [4.78, 5) is 13.6. The molecule has 3 heteroatoms. The van der Waals surface area contributed by atoms with Gasteiger partial charge in [-0.15, -0.1) is 11.6 Å². The van der Waals surface area contributed by atoms with Crippen LogP contribution in [0.4, 0.5) is 5.69 Å². The van der Waals surface area contributed by atoms with Gasteiger partial charge in [-0.2, -0.15) is 0 Å². The normalized spacial score (nSPS) is 15.5. The third-order valence-electron chi connectivity index (χ3n) is 3.02. The molecule has 0 bridgehead atoms. The van der Waals surface area contributed by atoms with E-state index in [0.717, 1.165) is 31.5 Å². The molecule has 1 heterocycles. The predicted octanol–water partition coefficient (Wildman–Crippen LogP) is 2.90. The highest BCUT2D eigenvalue weighted by atomic mass is 35.5. The lowest BCUT2D eigenvalue weighted by molar-refractivity contribution is -0.116. The third-order valence-corrected chi connectivity index (χ3v) is 3.25. The van der Waals surface area contributed by atoms with Crippen molar-refractivity contribution in [1.82, 2.24) is 0 Å². The lowest BCUT2D eigenvalue weighted by Crippen LogP contribution is -2.32. The van der Waals surface area contributed by atoms with E-state index in [2.05, 4.69) is 25.1 Å². The van der Waals surface area contributed by atoms with Gasteiger partial charge < -0.3 is 4.90 Å². The molecule has 2 rings (SSSR count). The minimum absolute atomic E-state index is 0.00965.